The van der Waals surface area contributed by atoms with Crippen LogP contribution in [0.3, 0.4) is 0 Å². The summed E-state index contributed by atoms with van der Waals surface area (Å²) < 4.78 is 49.1. The maximum absolute atomic E-state index is 15.0. The number of anilines is 2. The van der Waals surface area contributed by atoms with Crippen molar-refractivity contribution in [1.29, 1.82) is 0 Å². The van der Waals surface area contributed by atoms with Crippen LogP contribution in [0.25, 0.3) is 22.5 Å². The van der Waals surface area contributed by atoms with Gasteiger partial charge < -0.3 is 29.7 Å². The van der Waals surface area contributed by atoms with Crippen LogP contribution in [-0.4, -0.2) is 112 Å². The first-order valence-electron chi connectivity index (χ1n) is 24.8. The van der Waals surface area contributed by atoms with Gasteiger partial charge in [0.15, 0.2) is 0 Å². The van der Waals surface area contributed by atoms with Crippen molar-refractivity contribution in [1.82, 2.24) is 40.5 Å². The Kier molecular flexibility index (Phi) is 15.8. The summed E-state index contributed by atoms with van der Waals surface area (Å²) in [6, 6.07) is 22.2. The summed E-state index contributed by atoms with van der Waals surface area (Å²) in [6.07, 6.45) is 8.82. The van der Waals surface area contributed by atoms with Gasteiger partial charge in [-0.15, -0.1) is 5.10 Å². The molecule has 3 N–H and O–H groups in total. The number of rotatable bonds is 18. The number of halogens is 3. The Bertz CT molecular complexity index is 3130. The fourth-order valence-corrected chi connectivity index (χ4v) is 9.90. The molecule has 6 aromatic rings. The zero-order valence-corrected chi connectivity index (χ0v) is 41.2. The Morgan fingerprint density at radius 2 is 1.57 bits per heavy atom. The van der Waals surface area contributed by atoms with Gasteiger partial charge in [-0.25, -0.2) is 23.4 Å². The van der Waals surface area contributed by atoms with Gasteiger partial charge >= 0.3 is 0 Å². The van der Waals surface area contributed by atoms with Crippen molar-refractivity contribution in [2.24, 2.45) is 4.99 Å². The molecule has 380 valence electrons. The van der Waals surface area contributed by atoms with Crippen LogP contribution in [0.2, 0.25) is 5.02 Å². The molecular formula is C55H53ClF2N10O6. The Morgan fingerprint density at radius 3 is 2.35 bits per heavy atom. The van der Waals surface area contributed by atoms with Crippen LogP contribution < -0.4 is 16.0 Å². The molecule has 16 nitrogen and oxygen atoms in total. The molecule has 1 saturated carbocycles. The quantitative estimate of drug-likeness (QED) is 0.0433. The minimum Gasteiger partial charge on any atom is -0.378 e. The van der Waals surface area contributed by atoms with Gasteiger partial charge in [0, 0.05) is 82.3 Å². The first kappa shape index (κ1) is 50.3. The molecule has 19 heteroatoms. The Labute approximate surface area is 431 Å². The van der Waals surface area contributed by atoms with Gasteiger partial charge in [-0.1, -0.05) is 52.9 Å². The highest BCUT2D eigenvalue weighted by Crippen LogP contribution is 2.36. The molecule has 2 fully saturated rings. The van der Waals surface area contributed by atoms with E-state index in [0.717, 1.165) is 60.3 Å². The molecule has 5 heterocycles. The van der Waals surface area contributed by atoms with Crippen LogP contribution in [0.1, 0.15) is 89.2 Å². The van der Waals surface area contributed by atoms with Crippen LogP contribution >= 0.6 is 11.6 Å². The summed E-state index contributed by atoms with van der Waals surface area (Å²) in [4.78, 5) is 52.3. The third-order valence-electron chi connectivity index (χ3n) is 13.5. The van der Waals surface area contributed by atoms with E-state index >= 15 is 0 Å². The van der Waals surface area contributed by atoms with E-state index < -0.39 is 23.6 Å². The van der Waals surface area contributed by atoms with E-state index in [1.54, 1.807) is 30.5 Å². The van der Waals surface area contributed by atoms with Gasteiger partial charge in [-0.05, 0) is 92.3 Å². The number of nitrogens with one attached hydrogen (secondary N) is 3. The van der Waals surface area contributed by atoms with Crippen LogP contribution in [0, 0.1) is 23.5 Å². The monoisotopic (exact) mass is 1020 g/mol. The van der Waals surface area contributed by atoms with E-state index in [2.05, 4.69) is 48.1 Å². The van der Waals surface area contributed by atoms with Crippen molar-refractivity contribution >= 4 is 46.7 Å². The highest BCUT2D eigenvalue weighted by atomic mass is 35.5. The van der Waals surface area contributed by atoms with Crippen molar-refractivity contribution in [3.8, 4) is 34.4 Å². The maximum Gasteiger partial charge on any atom is 0.255 e. The molecule has 0 spiro atoms. The summed E-state index contributed by atoms with van der Waals surface area (Å²) in [5.41, 5.74) is 7.01. The number of aliphatic imine (C=N–C) groups is 1. The normalized spacial score (nSPS) is 18.1. The molecule has 2 aromatic heterocycles. The highest BCUT2D eigenvalue weighted by molar-refractivity contribution is 6.31. The predicted molar refractivity (Wildman–Crippen MR) is 273 cm³/mol. The largest absolute Gasteiger partial charge is 0.378 e. The number of nitrogens with zero attached hydrogens (tertiary/aromatic N) is 7. The molecule has 1 unspecified atom stereocenters. The van der Waals surface area contributed by atoms with E-state index in [1.165, 1.54) is 23.1 Å². The van der Waals surface area contributed by atoms with Crippen molar-refractivity contribution in [3.63, 3.8) is 0 Å². The lowest BCUT2D eigenvalue weighted by Gasteiger charge is -2.29. The molecule has 4 aromatic carbocycles. The molecule has 74 heavy (non-hydrogen) atoms. The van der Waals surface area contributed by atoms with Crippen molar-refractivity contribution in [2.75, 3.05) is 51.5 Å². The number of amides is 3. The molecule has 3 aliphatic heterocycles. The van der Waals surface area contributed by atoms with Gasteiger partial charge in [-0.2, -0.15) is 0 Å². The van der Waals surface area contributed by atoms with Crippen molar-refractivity contribution in [3.05, 3.63) is 141 Å². The smallest absolute Gasteiger partial charge is 0.255 e. The predicted octanol–water partition coefficient (Wildman–Crippen LogP) is 7.75. The Balaban J connectivity index is 0.591. The summed E-state index contributed by atoms with van der Waals surface area (Å²) in [7, 11) is 0. The molecule has 1 aliphatic carbocycles. The molecule has 0 radical (unpaired) electrons. The van der Waals surface area contributed by atoms with Crippen LogP contribution in [0.5, 0.6) is 0 Å². The Morgan fingerprint density at radius 1 is 0.811 bits per heavy atom. The number of piperidine rings is 1. The number of hydrogen-bond donors (Lipinski definition) is 3. The second-order valence-electron chi connectivity index (χ2n) is 18.4. The third kappa shape index (κ3) is 11.7. The van der Waals surface area contributed by atoms with Gasteiger partial charge in [0.25, 0.3) is 5.91 Å². The summed E-state index contributed by atoms with van der Waals surface area (Å²) in [5, 5.41) is 18.6. The fraction of sp³-hybridized carbons (Fsp3) is 0.345. The van der Waals surface area contributed by atoms with Crippen LogP contribution in [0.15, 0.2) is 96.2 Å². The number of imide groups is 1. The van der Waals surface area contributed by atoms with E-state index in [0.29, 0.717) is 104 Å². The number of carbonyl (C=O) groups is 3. The lowest BCUT2D eigenvalue weighted by atomic mass is 9.91. The highest BCUT2D eigenvalue weighted by Gasteiger charge is 2.39. The summed E-state index contributed by atoms with van der Waals surface area (Å²) >= 11 is 6.39. The average Bonchev–Trinajstić information content (AvgIpc) is 3.99. The number of carbonyl (C=O) groups excluding carboxylic acids is 3. The van der Waals surface area contributed by atoms with Crippen LogP contribution in [0.4, 0.5) is 20.4 Å². The number of benzene rings is 4. The van der Waals surface area contributed by atoms with E-state index in [9.17, 15) is 23.2 Å². The molecule has 3 amide bonds. The minimum atomic E-state index is -0.714. The van der Waals surface area contributed by atoms with Gasteiger partial charge in [0.05, 0.1) is 75.4 Å². The number of ether oxygens (including phenoxy) is 3. The van der Waals surface area contributed by atoms with Gasteiger partial charge in [0.1, 0.15) is 23.4 Å². The summed E-state index contributed by atoms with van der Waals surface area (Å²) in [5.74, 6) is 4.23. The van der Waals surface area contributed by atoms with Crippen molar-refractivity contribution < 1.29 is 37.4 Å². The lowest BCUT2D eigenvalue weighted by molar-refractivity contribution is -0.136. The SMILES string of the molecule is O=C1CCC(N2Cc3cc(C#CCCOCCOCCOCCNC4CCC(n5cc(-c6ccc(Nc7ncc8c(n7)-c7ccc(Cl)cc7C(c7c(F)cccc7F)=NC8)cc6)nn5)CC4)ccc3C2=O)C(=O)N1. The lowest BCUT2D eigenvalue weighted by Crippen LogP contribution is -2.52. The van der Waals surface area contributed by atoms with E-state index in [4.69, 9.17) is 30.8 Å². The topological polar surface area (TPSA) is 187 Å². The zero-order valence-electron chi connectivity index (χ0n) is 40.4. The standard InChI is InChI=1S/C55H53ClF2N10O6/c56-38-10-18-43-44(29-38)52(50-45(57)5-3-6-46(50)58)60-30-37-31-61-55(64-51(37)43)62-40-11-8-35(9-12-40)47-33-68(66-65-47)41-15-13-39(14-16-41)59-21-23-73-25-27-74-26-24-72-22-2-1-4-34-7-17-42-36(28-34)32-67(54(42)71)48-19-20-49(69)63-53(48)70/h3,5-12,17-18,28-29,31,33,39,41,48,59H,2,13-16,19-27,30,32H2,(H,61,62,64)(H,63,69,70). The van der Waals surface area contributed by atoms with Crippen LogP contribution in [-0.2, 0) is 36.9 Å². The second kappa shape index (κ2) is 23.3. The molecular weight excluding hydrogens is 970 g/mol. The molecule has 1 atom stereocenters. The fourth-order valence-electron chi connectivity index (χ4n) is 9.72. The number of fused-ring (bicyclic) bond motifs is 4. The second-order valence-corrected chi connectivity index (χ2v) is 18.9. The number of hydrogen-bond acceptors (Lipinski definition) is 13. The number of aromatic nitrogens is 5. The molecule has 4 aliphatic rings. The molecule has 10 rings (SSSR count). The minimum absolute atomic E-state index is 0.125. The maximum atomic E-state index is 15.0. The summed E-state index contributed by atoms with van der Waals surface area (Å²) in [6.45, 7) is 4.18. The Hall–Kier alpha value is -7.27. The van der Waals surface area contributed by atoms with Gasteiger partial charge in [-0.3, -0.25) is 24.7 Å². The van der Waals surface area contributed by atoms with Crippen molar-refractivity contribution in [2.45, 2.75) is 76.2 Å². The first-order valence-corrected chi connectivity index (χ1v) is 25.2. The average molecular weight is 1020 g/mol. The van der Waals surface area contributed by atoms with E-state index in [1.807, 2.05) is 47.3 Å². The van der Waals surface area contributed by atoms with E-state index in [-0.39, 0.29) is 42.1 Å². The molecule has 1 saturated heterocycles. The van der Waals surface area contributed by atoms with Gasteiger partial charge in [0.2, 0.25) is 17.8 Å². The first-order chi connectivity index (χ1) is 36.1. The third-order valence-corrected chi connectivity index (χ3v) is 13.8. The zero-order chi connectivity index (χ0) is 51.0. The molecule has 0 bridgehead atoms.